The zero-order valence-electron chi connectivity index (χ0n) is 20.2. The summed E-state index contributed by atoms with van der Waals surface area (Å²) in [6.07, 6.45) is 0.114. The highest BCUT2D eigenvalue weighted by atomic mass is 32.2. The van der Waals surface area contributed by atoms with Crippen molar-refractivity contribution in [3.63, 3.8) is 0 Å². The fourth-order valence-electron chi connectivity index (χ4n) is 3.64. The minimum atomic E-state index is -0.192. The number of aromatic nitrogens is 2. The molecule has 1 amide bonds. The summed E-state index contributed by atoms with van der Waals surface area (Å²) in [5.41, 5.74) is 4.49. The second kappa shape index (κ2) is 11.2. The van der Waals surface area contributed by atoms with Crippen LogP contribution in [-0.4, -0.2) is 27.3 Å². The molecule has 0 atom stereocenters. The highest BCUT2D eigenvalue weighted by molar-refractivity contribution is 7.99. The molecule has 180 valence electrons. The van der Waals surface area contributed by atoms with Gasteiger partial charge in [0.25, 0.3) is 5.56 Å². The van der Waals surface area contributed by atoms with E-state index in [-0.39, 0.29) is 23.3 Å². The highest BCUT2D eigenvalue weighted by Crippen LogP contribution is 2.18. The number of nitrogens with one attached hydrogen (secondary N) is 1. The molecular weight excluding hydrogens is 458 g/mol. The largest absolute Gasteiger partial charge is 0.491 e. The van der Waals surface area contributed by atoms with Gasteiger partial charge in [0.2, 0.25) is 5.91 Å². The van der Waals surface area contributed by atoms with Crippen LogP contribution in [-0.2, 0) is 17.9 Å². The van der Waals surface area contributed by atoms with Gasteiger partial charge in [-0.2, -0.15) is 0 Å². The van der Waals surface area contributed by atoms with Crippen LogP contribution in [0.2, 0.25) is 0 Å². The van der Waals surface area contributed by atoms with Gasteiger partial charge < -0.3 is 10.1 Å². The molecule has 0 fully saturated rings. The normalized spacial score (nSPS) is 11.1. The number of fused-ring (bicyclic) bond motifs is 1. The molecule has 0 saturated carbocycles. The zero-order chi connectivity index (χ0) is 24.8. The van der Waals surface area contributed by atoms with Crippen molar-refractivity contribution in [1.29, 1.82) is 0 Å². The van der Waals surface area contributed by atoms with Gasteiger partial charge in [-0.05, 0) is 56.2 Å². The maximum atomic E-state index is 13.3. The fourth-order valence-corrected chi connectivity index (χ4v) is 4.41. The predicted octanol–water partition coefficient (Wildman–Crippen LogP) is 4.95. The number of carbonyl (C=O) groups excluding carboxylic acids is 1. The van der Waals surface area contributed by atoms with E-state index in [9.17, 15) is 9.59 Å². The smallest absolute Gasteiger partial charge is 0.283 e. The van der Waals surface area contributed by atoms with E-state index in [2.05, 4.69) is 10.3 Å². The average Bonchev–Trinajstić information content (AvgIpc) is 2.85. The van der Waals surface area contributed by atoms with Crippen molar-refractivity contribution in [2.24, 2.45) is 0 Å². The Kier molecular flexibility index (Phi) is 7.87. The van der Waals surface area contributed by atoms with Gasteiger partial charge in [0.15, 0.2) is 5.03 Å². The van der Waals surface area contributed by atoms with Crippen molar-refractivity contribution < 1.29 is 9.53 Å². The van der Waals surface area contributed by atoms with Crippen molar-refractivity contribution in [1.82, 2.24) is 14.9 Å². The molecule has 0 aliphatic heterocycles. The van der Waals surface area contributed by atoms with Crippen molar-refractivity contribution in [3.8, 4) is 5.75 Å². The lowest BCUT2D eigenvalue weighted by Gasteiger charge is -2.13. The van der Waals surface area contributed by atoms with E-state index in [0.29, 0.717) is 18.1 Å². The van der Waals surface area contributed by atoms with Crippen LogP contribution in [0.1, 0.15) is 30.5 Å². The van der Waals surface area contributed by atoms with Crippen LogP contribution in [0.3, 0.4) is 0 Å². The first-order valence-corrected chi connectivity index (χ1v) is 12.6. The van der Waals surface area contributed by atoms with E-state index in [1.165, 1.54) is 17.3 Å². The minimum Gasteiger partial charge on any atom is -0.491 e. The van der Waals surface area contributed by atoms with Gasteiger partial charge in [0.05, 0.1) is 29.4 Å². The summed E-state index contributed by atoms with van der Waals surface area (Å²) < 4.78 is 7.38. The second-order valence-electron chi connectivity index (χ2n) is 8.66. The molecule has 0 saturated heterocycles. The molecule has 35 heavy (non-hydrogen) atoms. The summed E-state index contributed by atoms with van der Waals surface area (Å²) in [5, 5.41) is 3.23. The molecule has 1 aromatic heterocycles. The van der Waals surface area contributed by atoms with Gasteiger partial charge in [-0.15, -0.1) is 0 Å². The Balaban J connectivity index is 1.44. The number of carbonyl (C=O) groups is 1. The summed E-state index contributed by atoms with van der Waals surface area (Å²) in [5.74, 6) is 0.756. The van der Waals surface area contributed by atoms with Crippen LogP contribution in [0.15, 0.2) is 82.6 Å². The standard InChI is InChI=1S/C28H29N3O3S/c1-19(2)34-23-14-12-21(13-15-23)16-29-26(32)18-35-27-28(33)31(17-22-10-8-20(3)9-11-22)25-7-5-4-6-24(25)30-27/h4-15,19H,16-18H2,1-3H3,(H,29,32). The molecule has 0 aliphatic rings. The first kappa shape index (κ1) is 24.5. The summed E-state index contributed by atoms with van der Waals surface area (Å²) in [6.45, 7) is 6.84. The zero-order valence-corrected chi connectivity index (χ0v) is 21.0. The Hall–Kier alpha value is -3.58. The van der Waals surface area contributed by atoms with Crippen LogP contribution in [0.25, 0.3) is 11.0 Å². The summed E-state index contributed by atoms with van der Waals surface area (Å²) in [6, 6.07) is 23.4. The van der Waals surface area contributed by atoms with Gasteiger partial charge in [-0.25, -0.2) is 4.98 Å². The molecule has 4 rings (SSSR count). The Morgan fingerprint density at radius 3 is 2.40 bits per heavy atom. The molecule has 0 unspecified atom stereocenters. The first-order chi connectivity index (χ1) is 16.9. The average molecular weight is 488 g/mol. The predicted molar refractivity (Wildman–Crippen MR) is 141 cm³/mol. The topological polar surface area (TPSA) is 73.2 Å². The Morgan fingerprint density at radius 1 is 1.00 bits per heavy atom. The number of amides is 1. The van der Waals surface area contributed by atoms with Gasteiger partial charge in [-0.1, -0.05) is 65.9 Å². The number of para-hydroxylation sites is 2. The third-order valence-electron chi connectivity index (χ3n) is 5.41. The van der Waals surface area contributed by atoms with Crippen LogP contribution in [0.4, 0.5) is 0 Å². The number of benzene rings is 3. The van der Waals surface area contributed by atoms with Crippen LogP contribution < -0.4 is 15.6 Å². The number of nitrogens with zero attached hydrogens (tertiary/aromatic N) is 2. The molecule has 0 spiro atoms. The van der Waals surface area contributed by atoms with Gasteiger partial charge in [-0.3, -0.25) is 14.2 Å². The molecule has 1 heterocycles. The number of hydrogen-bond acceptors (Lipinski definition) is 5. The third kappa shape index (κ3) is 6.51. The van der Waals surface area contributed by atoms with Gasteiger partial charge in [0.1, 0.15) is 5.75 Å². The molecule has 0 bridgehead atoms. The summed E-state index contributed by atoms with van der Waals surface area (Å²) in [7, 11) is 0. The van der Waals surface area contributed by atoms with E-state index in [1.807, 2.05) is 93.6 Å². The highest BCUT2D eigenvalue weighted by Gasteiger charge is 2.14. The lowest BCUT2D eigenvalue weighted by atomic mass is 10.1. The van der Waals surface area contributed by atoms with Crippen LogP contribution in [0, 0.1) is 6.92 Å². The monoisotopic (exact) mass is 487 g/mol. The third-order valence-corrected chi connectivity index (χ3v) is 6.35. The van der Waals surface area contributed by atoms with Crippen molar-refractivity contribution in [2.75, 3.05) is 5.75 Å². The number of ether oxygens (including phenoxy) is 1. The molecule has 0 radical (unpaired) electrons. The van der Waals surface area contributed by atoms with Gasteiger partial charge in [0, 0.05) is 6.54 Å². The molecule has 4 aromatic rings. The number of hydrogen-bond donors (Lipinski definition) is 1. The minimum absolute atomic E-state index is 0.111. The Bertz CT molecular complexity index is 1360. The molecular formula is C28H29N3O3S. The molecule has 7 heteroatoms. The number of thioether (sulfide) groups is 1. The molecule has 1 N–H and O–H groups in total. The van der Waals surface area contributed by atoms with Gasteiger partial charge >= 0.3 is 0 Å². The lowest BCUT2D eigenvalue weighted by molar-refractivity contribution is -0.118. The maximum Gasteiger partial charge on any atom is 0.283 e. The number of aryl methyl sites for hydroxylation is 1. The van der Waals surface area contributed by atoms with E-state index < -0.39 is 0 Å². The van der Waals surface area contributed by atoms with Crippen molar-refractivity contribution in [2.45, 2.75) is 45.0 Å². The van der Waals surface area contributed by atoms with E-state index >= 15 is 0 Å². The van der Waals surface area contributed by atoms with Crippen molar-refractivity contribution in [3.05, 3.63) is 99.8 Å². The quantitative estimate of drug-likeness (QED) is 0.338. The lowest BCUT2D eigenvalue weighted by Crippen LogP contribution is -2.27. The Labute approximate surface area is 209 Å². The molecule has 6 nitrogen and oxygen atoms in total. The van der Waals surface area contributed by atoms with E-state index in [0.717, 1.165) is 27.9 Å². The summed E-state index contributed by atoms with van der Waals surface area (Å²) >= 11 is 1.17. The number of rotatable bonds is 9. The molecule has 0 aliphatic carbocycles. The Morgan fingerprint density at radius 2 is 1.69 bits per heavy atom. The fraction of sp³-hybridized carbons (Fsp3) is 0.250. The van der Waals surface area contributed by atoms with Crippen molar-refractivity contribution >= 4 is 28.7 Å². The molecule has 3 aromatic carbocycles. The van der Waals surface area contributed by atoms with Crippen LogP contribution in [0.5, 0.6) is 5.75 Å². The first-order valence-electron chi connectivity index (χ1n) is 11.6. The second-order valence-corrected chi connectivity index (χ2v) is 9.62. The van der Waals surface area contributed by atoms with E-state index in [4.69, 9.17) is 4.74 Å². The maximum absolute atomic E-state index is 13.3. The van der Waals surface area contributed by atoms with Crippen LogP contribution >= 0.6 is 11.8 Å². The van der Waals surface area contributed by atoms with E-state index in [1.54, 1.807) is 4.57 Å². The summed E-state index contributed by atoms with van der Waals surface area (Å²) in [4.78, 5) is 30.3. The SMILES string of the molecule is Cc1ccc(Cn2c(=O)c(SCC(=O)NCc3ccc(OC(C)C)cc3)nc3ccccc32)cc1.